The molecule has 0 saturated carbocycles. The van der Waals surface area contributed by atoms with Gasteiger partial charge in [-0.15, -0.1) is 0 Å². The Morgan fingerprint density at radius 1 is 1.27 bits per heavy atom. The molecule has 0 bridgehead atoms. The average Bonchev–Trinajstić information content (AvgIpc) is 2.17. The van der Waals surface area contributed by atoms with E-state index in [1.807, 2.05) is 18.2 Å². The maximum absolute atomic E-state index is 9.45. The molecule has 1 aromatic rings. The van der Waals surface area contributed by atoms with Crippen LogP contribution in [-0.4, -0.2) is 23.8 Å². The maximum Gasteiger partial charge on any atom is 0.0715 e. The summed E-state index contributed by atoms with van der Waals surface area (Å²) in [5, 5.41) is 12.6. The molecule has 0 atom stereocenters. The minimum Gasteiger partial charge on any atom is -0.389 e. The first-order valence-electron chi connectivity index (χ1n) is 5.23. The van der Waals surface area contributed by atoms with Gasteiger partial charge >= 0.3 is 0 Å². The summed E-state index contributed by atoms with van der Waals surface area (Å²) in [4.78, 5) is 0. The van der Waals surface area contributed by atoms with E-state index in [0.717, 1.165) is 6.54 Å². The van der Waals surface area contributed by atoms with Gasteiger partial charge in [0.2, 0.25) is 0 Å². The number of hydrogen-bond donors (Lipinski definition) is 2. The summed E-state index contributed by atoms with van der Waals surface area (Å²) in [7, 11) is 0. The molecule has 1 aromatic carbocycles. The molecular formula is C13H19NO. The maximum atomic E-state index is 9.45. The summed E-state index contributed by atoms with van der Waals surface area (Å²) >= 11 is 0. The van der Waals surface area contributed by atoms with E-state index in [0.29, 0.717) is 6.54 Å². The van der Waals surface area contributed by atoms with Gasteiger partial charge in [-0.3, -0.25) is 0 Å². The number of benzene rings is 1. The van der Waals surface area contributed by atoms with Gasteiger partial charge in [0.15, 0.2) is 0 Å². The van der Waals surface area contributed by atoms with Crippen molar-refractivity contribution in [1.29, 1.82) is 0 Å². The molecule has 0 radical (unpaired) electrons. The van der Waals surface area contributed by atoms with E-state index in [4.69, 9.17) is 0 Å². The monoisotopic (exact) mass is 205 g/mol. The van der Waals surface area contributed by atoms with Crippen LogP contribution in [-0.2, 0) is 0 Å². The van der Waals surface area contributed by atoms with Crippen LogP contribution in [0.2, 0.25) is 0 Å². The van der Waals surface area contributed by atoms with Crippen molar-refractivity contribution in [2.75, 3.05) is 13.1 Å². The smallest absolute Gasteiger partial charge is 0.0715 e. The molecule has 0 aliphatic carbocycles. The Morgan fingerprint density at radius 3 is 2.53 bits per heavy atom. The molecule has 82 valence electrons. The highest BCUT2D eigenvalue weighted by Gasteiger charge is 2.09. The van der Waals surface area contributed by atoms with Crippen LogP contribution in [0.1, 0.15) is 19.4 Å². The first-order valence-corrected chi connectivity index (χ1v) is 5.23. The second-order valence-electron chi connectivity index (χ2n) is 4.26. The molecule has 0 amide bonds. The van der Waals surface area contributed by atoms with Gasteiger partial charge < -0.3 is 10.4 Å². The first-order chi connectivity index (χ1) is 7.08. The Labute approximate surface area is 91.6 Å². The Balaban J connectivity index is 2.24. The third-order valence-electron chi connectivity index (χ3n) is 1.93. The highest BCUT2D eigenvalue weighted by atomic mass is 16.3. The Bertz CT molecular complexity index is 298. The average molecular weight is 205 g/mol. The lowest BCUT2D eigenvalue weighted by Gasteiger charge is -2.16. The van der Waals surface area contributed by atoms with E-state index in [1.54, 1.807) is 13.8 Å². The van der Waals surface area contributed by atoms with Gasteiger partial charge in [-0.2, -0.15) is 0 Å². The fourth-order valence-electron chi connectivity index (χ4n) is 1.22. The summed E-state index contributed by atoms with van der Waals surface area (Å²) in [5.41, 5.74) is 0.559. The summed E-state index contributed by atoms with van der Waals surface area (Å²) in [6.07, 6.45) is 4.12. The Hall–Kier alpha value is -1.12. The Kier molecular flexibility index (Phi) is 4.53. The van der Waals surface area contributed by atoms with E-state index in [9.17, 15) is 5.11 Å². The van der Waals surface area contributed by atoms with Gasteiger partial charge in [0.25, 0.3) is 0 Å². The molecule has 0 spiro atoms. The van der Waals surface area contributed by atoms with Crippen molar-refractivity contribution in [2.24, 2.45) is 0 Å². The molecule has 0 aliphatic rings. The van der Waals surface area contributed by atoms with E-state index in [-0.39, 0.29) is 0 Å². The summed E-state index contributed by atoms with van der Waals surface area (Å²) in [5.74, 6) is 0. The lowest BCUT2D eigenvalue weighted by molar-refractivity contribution is 0.0810. The first kappa shape index (κ1) is 12.0. The third-order valence-corrected chi connectivity index (χ3v) is 1.93. The second kappa shape index (κ2) is 5.69. The summed E-state index contributed by atoms with van der Waals surface area (Å²) in [6.45, 7) is 4.97. The summed E-state index contributed by atoms with van der Waals surface area (Å²) < 4.78 is 0. The zero-order chi connectivity index (χ0) is 11.1. The van der Waals surface area contributed by atoms with Crippen molar-refractivity contribution in [3.8, 4) is 0 Å². The molecule has 2 N–H and O–H groups in total. The van der Waals surface area contributed by atoms with Gasteiger partial charge in [-0.1, -0.05) is 42.5 Å². The van der Waals surface area contributed by atoms with Gasteiger partial charge in [-0.05, 0) is 19.4 Å². The zero-order valence-electron chi connectivity index (χ0n) is 9.40. The highest BCUT2D eigenvalue weighted by molar-refractivity contribution is 5.48. The lowest BCUT2D eigenvalue weighted by Crippen LogP contribution is -2.34. The molecule has 0 aromatic heterocycles. The molecule has 0 unspecified atom stereocenters. The fourth-order valence-corrected chi connectivity index (χ4v) is 1.22. The van der Waals surface area contributed by atoms with E-state index < -0.39 is 5.60 Å². The standard InChI is InChI=1S/C13H19NO/c1-13(2,15)11-14-10-6-9-12-7-4-3-5-8-12/h3-9,14-15H,10-11H2,1-2H3. The number of nitrogens with one attached hydrogen (secondary N) is 1. The fraction of sp³-hybridized carbons (Fsp3) is 0.385. The van der Waals surface area contributed by atoms with Gasteiger partial charge in [0.1, 0.15) is 0 Å². The third kappa shape index (κ3) is 6.05. The van der Waals surface area contributed by atoms with Crippen LogP contribution in [0, 0.1) is 0 Å². The van der Waals surface area contributed by atoms with E-state index in [2.05, 4.69) is 29.6 Å². The van der Waals surface area contributed by atoms with Gasteiger partial charge in [0, 0.05) is 13.1 Å². The van der Waals surface area contributed by atoms with Gasteiger partial charge in [-0.25, -0.2) is 0 Å². The predicted octanol–water partition coefficient (Wildman–Crippen LogP) is 2.06. The SMILES string of the molecule is CC(C)(O)CNCC=Cc1ccccc1. The molecular weight excluding hydrogens is 186 g/mol. The Morgan fingerprint density at radius 2 is 1.93 bits per heavy atom. The van der Waals surface area contributed by atoms with Crippen molar-refractivity contribution < 1.29 is 5.11 Å². The van der Waals surface area contributed by atoms with Crippen molar-refractivity contribution in [3.63, 3.8) is 0 Å². The van der Waals surface area contributed by atoms with Crippen LogP contribution in [0.3, 0.4) is 0 Å². The van der Waals surface area contributed by atoms with Crippen molar-refractivity contribution in [3.05, 3.63) is 42.0 Å². The van der Waals surface area contributed by atoms with Gasteiger partial charge in [0.05, 0.1) is 5.60 Å². The molecule has 0 aliphatic heterocycles. The predicted molar refractivity (Wildman–Crippen MR) is 64.6 cm³/mol. The minimum absolute atomic E-state index is 0.603. The largest absolute Gasteiger partial charge is 0.389 e. The van der Waals surface area contributed by atoms with Crippen molar-refractivity contribution in [1.82, 2.24) is 5.32 Å². The van der Waals surface area contributed by atoms with E-state index in [1.165, 1.54) is 5.56 Å². The molecule has 15 heavy (non-hydrogen) atoms. The van der Waals surface area contributed by atoms with Crippen LogP contribution in [0.4, 0.5) is 0 Å². The van der Waals surface area contributed by atoms with Crippen molar-refractivity contribution in [2.45, 2.75) is 19.4 Å². The van der Waals surface area contributed by atoms with E-state index >= 15 is 0 Å². The van der Waals surface area contributed by atoms with Crippen LogP contribution in [0.25, 0.3) is 6.08 Å². The quantitative estimate of drug-likeness (QED) is 0.721. The van der Waals surface area contributed by atoms with Crippen LogP contribution in [0.5, 0.6) is 0 Å². The molecule has 2 nitrogen and oxygen atoms in total. The zero-order valence-corrected chi connectivity index (χ0v) is 9.40. The van der Waals surface area contributed by atoms with Crippen LogP contribution >= 0.6 is 0 Å². The van der Waals surface area contributed by atoms with Crippen LogP contribution in [0.15, 0.2) is 36.4 Å². The molecule has 1 rings (SSSR count). The normalized spacial score (nSPS) is 12.2. The molecule has 0 heterocycles. The van der Waals surface area contributed by atoms with Crippen LogP contribution < -0.4 is 5.32 Å². The highest BCUT2D eigenvalue weighted by Crippen LogP contribution is 2.00. The number of rotatable bonds is 5. The lowest BCUT2D eigenvalue weighted by atomic mass is 10.1. The number of hydrogen-bond acceptors (Lipinski definition) is 2. The topological polar surface area (TPSA) is 32.3 Å². The molecule has 2 heteroatoms. The summed E-state index contributed by atoms with van der Waals surface area (Å²) in [6, 6.07) is 10.2. The molecule has 0 fully saturated rings. The molecule has 0 saturated heterocycles. The van der Waals surface area contributed by atoms with Crippen molar-refractivity contribution >= 4 is 6.08 Å². The second-order valence-corrected chi connectivity index (χ2v) is 4.26. The minimum atomic E-state index is -0.638. The number of aliphatic hydroxyl groups is 1.